The summed E-state index contributed by atoms with van der Waals surface area (Å²) in [6, 6.07) is 4.96. The van der Waals surface area contributed by atoms with Crippen molar-refractivity contribution in [2.75, 3.05) is 5.32 Å². The van der Waals surface area contributed by atoms with E-state index in [1.54, 1.807) is 31.4 Å². The van der Waals surface area contributed by atoms with Crippen LogP contribution in [0.3, 0.4) is 0 Å². The molecule has 0 unspecified atom stereocenters. The van der Waals surface area contributed by atoms with Gasteiger partial charge in [0.2, 0.25) is 0 Å². The molecule has 1 N–H and O–H groups in total. The van der Waals surface area contributed by atoms with E-state index in [-0.39, 0.29) is 11.3 Å². The molecule has 0 saturated carbocycles. The van der Waals surface area contributed by atoms with Gasteiger partial charge in [0.1, 0.15) is 17.4 Å². The number of ether oxygens (including phenoxy) is 1. The minimum absolute atomic E-state index is 0.0906. The molecule has 0 atom stereocenters. The molecule has 1 heterocycles. The Morgan fingerprint density at radius 1 is 1.42 bits per heavy atom. The van der Waals surface area contributed by atoms with Crippen LogP contribution in [0, 0.1) is 25.2 Å². The number of rotatable bonds is 5. The molecular weight excluding hydrogens is 336 g/mol. The van der Waals surface area contributed by atoms with Gasteiger partial charge in [0, 0.05) is 11.6 Å². The van der Waals surface area contributed by atoms with Crippen molar-refractivity contribution in [1.29, 1.82) is 5.26 Å². The van der Waals surface area contributed by atoms with Crippen molar-refractivity contribution in [2.24, 2.45) is 0 Å². The van der Waals surface area contributed by atoms with E-state index in [0.29, 0.717) is 21.8 Å². The monoisotopic (exact) mass is 349 g/mol. The second-order valence-electron chi connectivity index (χ2n) is 4.82. The summed E-state index contributed by atoms with van der Waals surface area (Å²) in [4.78, 5) is 16.0. The first-order chi connectivity index (χ1) is 11.4. The number of carbonyl (C=O) groups excluding carboxylic acids is 1. The van der Waals surface area contributed by atoms with Crippen molar-refractivity contribution in [3.05, 3.63) is 46.0 Å². The molecule has 124 valence electrons. The SMILES string of the molecule is Cc1cc(/C=C(\C#N)C(=O)Nc2nccs2)cc(C)c1OC(F)F. The quantitative estimate of drug-likeness (QED) is 0.656. The minimum Gasteiger partial charge on any atom is -0.434 e. The molecule has 2 rings (SSSR count). The summed E-state index contributed by atoms with van der Waals surface area (Å²) in [6.45, 7) is 0.315. The fourth-order valence-electron chi connectivity index (χ4n) is 2.11. The number of hydrogen-bond acceptors (Lipinski definition) is 5. The summed E-state index contributed by atoms with van der Waals surface area (Å²) in [6.07, 6.45) is 2.92. The number of anilines is 1. The number of nitrogens with one attached hydrogen (secondary N) is 1. The molecule has 0 bridgehead atoms. The highest BCUT2D eigenvalue weighted by Crippen LogP contribution is 2.27. The smallest absolute Gasteiger partial charge is 0.387 e. The molecule has 8 heteroatoms. The summed E-state index contributed by atoms with van der Waals surface area (Å²) < 4.78 is 29.3. The number of hydrogen-bond donors (Lipinski definition) is 1. The van der Waals surface area contributed by atoms with Crippen LogP contribution in [0.2, 0.25) is 0 Å². The molecular formula is C16H13F2N3O2S. The Balaban J connectivity index is 2.27. The Morgan fingerprint density at radius 2 is 2.08 bits per heavy atom. The predicted octanol–water partition coefficient (Wildman–Crippen LogP) is 3.91. The van der Waals surface area contributed by atoms with Crippen LogP contribution < -0.4 is 10.1 Å². The summed E-state index contributed by atoms with van der Waals surface area (Å²) >= 11 is 1.23. The molecule has 0 spiro atoms. The maximum absolute atomic E-state index is 12.4. The molecule has 0 fully saturated rings. The summed E-state index contributed by atoms with van der Waals surface area (Å²) in [5, 5.41) is 13.8. The van der Waals surface area contributed by atoms with E-state index in [1.165, 1.54) is 23.6 Å². The van der Waals surface area contributed by atoms with Crippen molar-refractivity contribution in [1.82, 2.24) is 4.98 Å². The number of carbonyl (C=O) groups is 1. The summed E-state index contributed by atoms with van der Waals surface area (Å²) in [5.74, 6) is -0.497. The second kappa shape index (κ2) is 7.66. The number of benzene rings is 1. The van der Waals surface area contributed by atoms with Gasteiger partial charge in [-0.15, -0.1) is 11.3 Å². The van der Waals surface area contributed by atoms with Gasteiger partial charge >= 0.3 is 6.61 Å². The Kier molecular flexibility index (Phi) is 5.60. The lowest BCUT2D eigenvalue weighted by Crippen LogP contribution is -2.13. The lowest BCUT2D eigenvalue weighted by atomic mass is 10.0. The number of aromatic nitrogens is 1. The van der Waals surface area contributed by atoms with E-state index in [2.05, 4.69) is 15.0 Å². The summed E-state index contributed by atoms with van der Waals surface area (Å²) in [7, 11) is 0. The Morgan fingerprint density at radius 3 is 2.58 bits per heavy atom. The number of alkyl halides is 2. The van der Waals surface area contributed by atoms with Crippen LogP contribution in [0.25, 0.3) is 6.08 Å². The van der Waals surface area contributed by atoms with E-state index in [0.717, 1.165) is 0 Å². The minimum atomic E-state index is -2.91. The first kappa shape index (κ1) is 17.6. The summed E-state index contributed by atoms with van der Waals surface area (Å²) in [5.41, 5.74) is 1.39. The van der Waals surface area contributed by atoms with E-state index in [9.17, 15) is 18.8 Å². The zero-order chi connectivity index (χ0) is 17.7. The maximum atomic E-state index is 12.4. The average molecular weight is 349 g/mol. The third kappa shape index (κ3) is 4.36. The zero-order valence-corrected chi connectivity index (χ0v) is 13.7. The molecule has 2 aromatic rings. The molecule has 0 radical (unpaired) electrons. The van der Waals surface area contributed by atoms with Crippen LogP contribution in [0.4, 0.5) is 13.9 Å². The maximum Gasteiger partial charge on any atom is 0.387 e. The fourth-order valence-corrected chi connectivity index (χ4v) is 2.63. The van der Waals surface area contributed by atoms with Gasteiger partial charge in [-0.2, -0.15) is 14.0 Å². The largest absolute Gasteiger partial charge is 0.434 e. The number of amides is 1. The lowest BCUT2D eigenvalue weighted by molar-refractivity contribution is -0.112. The number of thiazole rings is 1. The fraction of sp³-hybridized carbons (Fsp3) is 0.188. The number of nitriles is 1. The molecule has 1 aromatic heterocycles. The Hall–Kier alpha value is -2.79. The lowest BCUT2D eigenvalue weighted by Gasteiger charge is -2.12. The molecule has 0 aliphatic heterocycles. The molecule has 24 heavy (non-hydrogen) atoms. The standard InChI is InChI=1S/C16H13F2N3O2S/c1-9-5-11(6-10(2)13(9)23-15(17)18)7-12(8-19)14(22)21-16-20-3-4-24-16/h3-7,15H,1-2H3,(H,20,21,22)/b12-7+. The predicted molar refractivity (Wildman–Crippen MR) is 86.9 cm³/mol. The van der Waals surface area contributed by atoms with Crippen LogP contribution in [-0.2, 0) is 4.79 Å². The second-order valence-corrected chi connectivity index (χ2v) is 5.72. The third-order valence-electron chi connectivity index (χ3n) is 3.02. The highest BCUT2D eigenvalue weighted by molar-refractivity contribution is 7.13. The Labute approximate surface area is 141 Å². The number of nitrogens with zero attached hydrogens (tertiary/aromatic N) is 2. The van der Waals surface area contributed by atoms with E-state index in [4.69, 9.17) is 0 Å². The zero-order valence-electron chi connectivity index (χ0n) is 12.8. The van der Waals surface area contributed by atoms with Gasteiger partial charge in [-0.25, -0.2) is 4.98 Å². The van der Waals surface area contributed by atoms with Crippen molar-refractivity contribution in [2.45, 2.75) is 20.5 Å². The van der Waals surface area contributed by atoms with E-state index < -0.39 is 12.5 Å². The molecule has 0 saturated heterocycles. The van der Waals surface area contributed by atoms with E-state index in [1.807, 2.05) is 6.07 Å². The first-order valence-electron chi connectivity index (χ1n) is 6.79. The van der Waals surface area contributed by atoms with Crippen LogP contribution in [0.15, 0.2) is 29.3 Å². The van der Waals surface area contributed by atoms with Gasteiger partial charge in [-0.05, 0) is 48.7 Å². The number of aryl methyl sites for hydroxylation is 2. The van der Waals surface area contributed by atoms with Crippen molar-refractivity contribution in [3.8, 4) is 11.8 Å². The van der Waals surface area contributed by atoms with Crippen LogP contribution in [0.1, 0.15) is 16.7 Å². The molecule has 0 aliphatic carbocycles. The Bertz CT molecular complexity index is 788. The molecule has 5 nitrogen and oxygen atoms in total. The molecule has 1 amide bonds. The highest BCUT2D eigenvalue weighted by atomic mass is 32.1. The van der Waals surface area contributed by atoms with Gasteiger partial charge in [-0.3, -0.25) is 10.1 Å². The van der Waals surface area contributed by atoms with E-state index >= 15 is 0 Å². The van der Waals surface area contributed by atoms with Gasteiger partial charge in [-0.1, -0.05) is 0 Å². The first-order valence-corrected chi connectivity index (χ1v) is 7.67. The normalized spacial score (nSPS) is 11.2. The van der Waals surface area contributed by atoms with Crippen molar-refractivity contribution in [3.63, 3.8) is 0 Å². The van der Waals surface area contributed by atoms with Crippen LogP contribution in [0.5, 0.6) is 5.75 Å². The van der Waals surface area contributed by atoms with Crippen LogP contribution in [-0.4, -0.2) is 17.5 Å². The van der Waals surface area contributed by atoms with Crippen LogP contribution >= 0.6 is 11.3 Å². The van der Waals surface area contributed by atoms with Gasteiger partial charge in [0.05, 0.1) is 0 Å². The third-order valence-corrected chi connectivity index (χ3v) is 3.71. The van der Waals surface area contributed by atoms with Gasteiger partial charge < -0.3 is 4.74 Å². The van der Waals surface area contributed by atoms with Gasteiger partial charge in [0.25, 0.3) is 5.91 Å². The average Bonchev–Trinajstić information content (AvgIpc) is 3.01. The number of halogens is 2. The van der Waals surface area contributed by atoms with Crippen molar-refractivity contribution >= 4 is 28.5 Å². The van der Waals surface area contributed by atoms with Gasteiger partial charge in [0.15, 0.2) is 5.13 Å². The topological polar surface area (TPSA) is 75.0 Å². The highest BCUT2D eigenvalue weighted by Gasteiger charge is 2.14. The van der Waals surface area contributed by atoms with Crippen molar-refractivity contribution < 1.29 is 18.3 Å². The molecule has 0 aliphatic rings. The molecule has 1 aromatic carbocycles.